The number of methoxy groups -OCH3 is 3. The van der Waals surface area contributed by atoms with Crippen LogP contribution in [-0.4, -0.2) is 49.4 Å². The molecule has 31 heavy (non-hydrogen) atoms. The van der Waals surface area contributed by atoms with Gasteiger partial charge in [0.15, 0.2) is 11.5 Å². The van der Waals surface area contributed by atoms with E-state index in [9.17, 15) is 4.79 Å². The highest BCUT2D eigenvalue weighted by Crippen LogP contribution is 2.38. The highest BCUT2D eigenvalue weighted by atomic mass is 35.5. The molecule has 0 unspecified atom stereocenters. The first-order valence-corrected chi connectivity index (χ1v) is 10.3. The average molecular weight is 448 g/mol. The highest BCUT2D eigenvalue weighted by molar-refractivity contribution is 6.30. The number of halogens is 1. The summed E-state index contributed by atoms with van der Waals surface area (Å²) in [7, 11) is 4.65. The van der Waals surface area contributed by atoms with Crippen molar-refractivity contribution in [2.45, 2.75) is 37.8 Å². The van der Waals surface area contributed by atoms with Crippen molar-refractivity contribution in [3.8, 4) is 23.3 Å². The van der Waals surface area contributed by atoms with E-state index in [1.54, 1.807) is 39.5 Å². The Morgan fingerprint density at radius 3 is 2.19 bits per heavy atom. The SMILES string of the molecule is COc1cc(/C=C/C(=O)NC2CCC(Oc3ncc(Cl)cn3)CC2)cc(OC)c1OC. The number of aromatic nitrogens is 2. The molecule has 0 spiro atoms. The maximum absolute atomic E-state index is 12.4. The average Bonchev–Trinajstić information content (AvgIpc) is 2.79. The molecule has 0 saturated heterocycles. The van der Waals surface area contributed by atoms with Gasteiger partial charge in [0.2, 0.25) is 11.7 Å². The molecular formula is C22H26ClN3O5. The summed E-state index contributed by atoms with van der Waals surface area (Å²) in [5.74, 6) is 1.42. The topological polar surface area (TPSA) is 91.8 Å². The van der Waals surface area contributed by atoms with Crippen LogP contribution in [0.2, 0.25) is 5.02 Å². The monoisotopic (exact) mass is 447 g/mol. The van der Waals surface area contributed by atoms with E-state index < -0.39 is 0 Å². The summed E-state index contributed by atoms with van der Waals surface area (Å²) in [5.41, 5.74) is 0.768. The fourth-order valence-electron chi connectivity index (χ4n) is 3.45. The van der Waals surface area contributed by atoms with Gasteiger partial charge in [0.05, 0.1) is 38.7 Å². The van der Waals surface area contributed by atoms with Crippen molar-refractivity contribution >= 4 is 23.6 Å². The van der Waals surface area contributed by atoms with Crippen LogP contribution in [0.4, 0.5) is 0 Å². The molecule has 2 aromatic rings. The number of nitrogens with zero attached hydrogens (tertiary/aromatic N) is 2. The third-order valence-electron chi connectivity index (χ3n) is 5.00. The number of nitrogens with one attached hydrogen (secondary N) is 1. The fourth-order valence-corrected chi connectivity index (χ4v) is 3.55. The third kappa shape index (κ3) is 6.24. The Morgan fingerprint density at radius 1 is 1.03 bits per heavy atom. The first-order chi connectivity index (χ1) is 15.0. The molecule has 0 bridgehead atoms. The smallest absolute Gasteiger partial charge is 0.316 e. The second-order valence-electron chi connectivity index (χ2n) is 7.08. The minimum absolute atomic E-state index is 0.0316. The first kappa shape index (κ1) is 22.7. The van der Waals surface area contributed by atoms with Gasteiger partial charge in [-0.05, 0) is 49.5 Å². The molecule has 1 aliphatic rings. The van der Waals surface area contributed by atoms with Gasteiger partial charge in [-0.1, -0.05) is 11.6 Å². The van der Waals surface area contributed by atoms with Crippen molar-refractivity contribution in [2.75, 3.05) is 21.3 Å². The molecule has 1 fully saturated rings. The number of carbonyl (C=O) groups excluding carboxylic acids is 1. The van der Waals surface area contributed by atoms with Crippen LogP contribution in [0.15, 0.2) is 30.6 Å². The highest BCUT2D eigenvalue weighted by Gasteiger charge is 2.23. The molecule has 0 radical (unpaired) electrons. The molecule has 1 aromatic carbocycles. The maximum Gasteiger partial charge on any atom is 0.316 e. The van der Waals surface area contributed by atoms with Crippen LogP contribution in [-0.2, 0) is 4.79 Å². The van der Waals surface area contributed by atoms with E-state index in [-0.39, 0.29) is 18.1 Å². The third-order valence-corrected chi connectivity index (χ3v) is 5.20. The first-order valence-electron chi connectivity index (χ1n) is 9.95. The lowest BCUT2D eigenvalue weighted by Crippen LogP contribution is -2.39. The van der Waals surface area contributed by atoms with Gasteiger partial charge in [0.25, 0.3) is 0 Å². The number of carbonyl (C=O) groups is 1. The van der Waals surface area contributed by atoms with Gasteiger partial charge in [-0.25, -0.2) is 9.97 Å². The Morgan fingerprint density at radius 2 is 1.65 bits per heavy atom. The van der Waals surface area contributed by atoms with Gasteiger partial charge < -0.3 is 24.3 Å². The Hall–Kier alpha value is -3.00. The molecule has 1 saturated carbocycles. The van der Waals surface area contributed by atoms with Crippen molar-refractivity contribution in [3.05, 3.63) is 41.2 Å². The van der Waals surface area contributed by atoms with E-state index in [2.05, 4.69) is 15.3 Å². The summed E-state index contributed by atoms with van der Waals surface area (Å²) in [5, 5.41) is 3.51. The van der Waals surface area contributed by atoms with Gasteiger partial charge in [-0.15, -0.1) is 0 Å². The van der Waals surface area contributed by atoms with Crippen molar-refractivity contribution in [1.82, 2.24) is 15.3 Å². The van der Waals surface area contributed by atoms with Gasteiger partial charge in [-0.2, -0.15) is 0 Å². The second kappa shape index (κ2) is 10.9. The predicted molar refractivity (Wildman–Crippen MR) is 117 cm³/mol. The van der Waals surface area contributed by atoms with Crippen LogP contribution >= 0.6 is 11.6 Å². The zero-order valence-electron chi connectivity index (χ0n) is 17.8. The normalized spacial score (nSPS) is 18.5. The zero-order valence-corrected chi connectivity index (χ0v) is 18.5. The quantitative estimate of drug-likeness (QED) is 0.617. The maximum atomic E-state index is 12.4. The van der Waals surface area contributed by atoms with Crippen molar-refractivity contribution < 1.29 is 23.7 Å². The molecule has 9 heteroatoms. The summed E-state index contributed by atoms with van der Waals surface area (Å²) < 4.78 is 21.8. The summed E-state index contributed by atoms with van der Waals surface area (Å²) >= 11 is 5.79. The molecular weight excluding hydrogens is 422 g/mol. The number of benzene rings is 1. The lowest BCUT2D eigenvalue weighted by atomic mass is 9.93. The molecule has 1 aromatic heterocycles. The molecule has 1 amide bonds. The van der Waals surface area contributed by atoms with Crippen LogP contribution in [0.1, 0.15) is 31.2 Å². The Balaban J connectivity index is 1.51. The lowest BCUT2D eigenvalue weighted by molar-refractivity contribution is -0.117. The summed E-state index contributed by atoms with van der Waals surface area (Å²) in [4.78, 5) is 20.5. The van der Waals surface area contributed by atoms with E-state index in [1.165, 1.54) is 18.5 Å². The van der Waals surface area contributed by atoms with E-state index in [0.717, 1.165) is 31.2 Å². The van der Waals surface area contributed by atoms with Crippen LogP contribution in [0.5, 0.6) is 23.3 Å². The molecule has 1 N–H and O–H groups in total. The Labute approximate surface area is 186 Å². The fraction of sp³-hybridized carbons (Fsp3) is 0.409. The van der Waals surface area contributed by atoms with Crippen LogP contribution < -0.4 is 24.3 Å². The summed E-state index contributed by atoms with van der Waals surface area (Å²) in [6.45, 7) is 0. The molecule has 3 rings (SSSR count). The minimum Gasteiger partial charge on any atom is -0.493 e. The number of hydrogen-bond acceptors (Lipinski definition) is 7. The predicted octanol–water partition coefficient (Wildman–Crippen LogP) is 3.68. The Bertz CT molecular complexity index is 887. The van der Waals surface area contributed by atoms with Gasteiger partial charge in [0.1, 0.15) is 6.10 Å². The van der Waals surface area contributed by atoms with Gasteiger partial charge in [-0.3, -0.25) is 4.79 Å². The largest absolute Gasteiger partial charge is 0.493 e. The number of rotatable bonds is 8. The molecule has 0 atom stereocenters. The standard InChI is InChI=1S/C22H26ClN3O5/c1-28-18-10-14(11-19(29-2)21(18)30-3)4-9-20(27)26-16-5-7-17(8-6-16)31-22-24-12-15(23)13-25-22/h4,9-13,16-17H,5-8H2,1-3H3,(H,26,27)/b9-4+. The van der Waals surface area contributed by atoms with Crippen molar-refractivity contribution in [1.29, 1.82) is 0 Å². The number of amides is 1. The van der Waals surface area contributed by atoms with Crippen LogP contribution in [0.25, 0.3) is 6.08 Å². The molecule has 8 nitrogen and oxygen atoms in total. The lowest BCUT2D eigenvalue weighted by Gasteiger charge is -2.28. The molecule has 166 valence electrons. The van der Waals surface area contributed by atoms with Crippen LogP contribution in [0.3, 0.4) is 0 Å². The molecule has 1 heterocycles. The molecule has 0 aliphatic heterocycles. The zero-order chi connectivity index (χ0) is 22.2. The van der Waals surface area contributed by atoms with Gasteiger partial charge >= 0.3 is 6.01 Å². The van der Waals surface area contributed by atoms with Crippen LogP contribution in [0, 0.1) is 0 Å². The van der Waals surface area contributed by atoms with E-state index in [0.29, 0.717) is 28.3 Å². The van der Waals surface area contributed by atoms with E-state index >= 15 is 0 Å². The van der Waals surface area contributed by atoms with E-state index in [1.807, 2.05) is 0 Å². The van der Waals surface area contributed by atoms with E-state index in [4.69, 9.17) is 30.5 Å². The number of ether oxygens (including phenoxy) is 4. The van der Waals surface area contributed by atoms with Crippen molar-refractivity contribution in [2.24, 2.45) is 0 Å². The Kier molecular flexibility index (Phi) is 7.94. The summed E-state index contributed by atoms with van der Waals surface area (Å²) in [6.07, 6.45) is 9.54. The van der Waals surface area contributed by atoms with Crippen molar-refractivity contribution in [3.63, 3.8) is 0 Å². The minimum atomic E-state index is -0.154. The second-order valence-corrected chi connectivity index (χ2v) is 7.51. The molecule has 1 aliphatic carbocycles. The van der Waals surface area contributed by atoms with Gasteiger partial charge in [0, 0.05) is 12.1 Å². The summed E-state index contributed by atoms with van der Waals surface area (Å²) in [6, 6.07) is 3.99. The number of hydrogen-bond donors (Lipinski definition) is 1.